The number of sulfonamides is 1. The van der Waals surface area contributed by atoms with Gasteiger partial charge in [0.05, 0.1) is 4.90 Å². The number of rotatable bonds is 7. The molecule has 5 nitrogen and oxygen atoms in total. The number of aryl methyl sites for hydroxylation is 1. The second kappa shape index (κ2) is 8.91. The van der Waals surface area contributed by atoms with Crippen LogP contribution in [0.5, 0.6) is 0 Å². The van der Waals surface area contributed by atoms with Crippen molar-refractivity contribution < 1.29 is 13.2 Å². The number of benzene rings is 2. The van der Waals surface area contributed by atoms with E-state index in [9.17, 15) is 13.2 Å². The minimum atomic E-state index is -3.54. The van der Waals surface area contributed by atoms with E-state index in [2.05, 4.69) is 5.32 Å². The molecule has 7 heteroatoms. The SMILES string of the molecule is Cc1ccc(C(=O)NCCSc2ccccc2)cc1S(=O)(=O)N1CCCC1. The van der Waals surface area contributed by atoms with Crippen molar-refractivity contribution in [1.82, 2.24) is 9.62 Å². The minimum Gasteiger partial charge on any atom is -0.351 e. The van der Waals surface area contributed by atoms with E-state index in [1.165, 1.54) is 10.4 Å². The molecule has 0 saturated carbocycles. The van der Waals surface area contributed by atoms with E-state index in [0.717, 1.165) is 23.5 Å². The van der Waals surface area contributed by atoms with Gasteiger partial charge in [0, 0.05) is 35.8 Å². The zero-order valence-electron chi connectivity index (χ0n) is 15.3. The highest BCUT2D eigenvalue weighted by atomic mass is 32.2. The average molecular weight is 405 g/mol. The van der Waals surface area contributed by atoms with Crippen LogP contribution in [0.15, 0.2) is 58.3 Å². The molecule has 0 atom stereocenters. The Morgan fingerprint density at radius 1 is 1.11 bits per heavy atom. The third kappa shape index (κ3) is 4.91. The number of amides is 1. The van der Waals surface area contributed by atoms with Gasteiger partial charge in [0.1, 0.15) is 0 Å². The molecule has 1 saturated heterocycles. The monoisotopic (exact) mass is 404 g/mol. The largest absolute Gasteiger partial charge is 0.351 e. The Morgan fingerprint density at radius 2 is 1.81 bits per heavy atom. The fourth-order valence-electron chi connectivity index (χ4n) is 3.04. The van der Waals surface area contributed by atoms with Crippen molar-refractivity contribution in [3.63, 3.8) is 0 Å². The second-order valence-corrected chi connectivity index (χ2v) is 9.58. The van der Waals surface area contributed by atoms with Crippen LogP contribution in [0.2, 0.25) is 0 Å². The van der Waals surface area contributed by atoms with Crippen molar-refractivity contribution in [2.45, 2.75) is 29.6 Å². The number of carbonyl (C=O) groups excluding carboxylic acids is 1. The molecule has 2 aromatic carbocycles. The van der Waals surface area contributed by atoms with Crippen LogP contribution in [0.3, 0.4) is 0 Å². The Hall–Kier alpha value is -1.83. The molecule has 144 valence electrons. The molecule has 2 aromatic rings. The van der Waals surface area contributed by atoms with Gasteiger partial charge in [0.15, 0.2) is 0 Å². The molecule has 0 radical (unpaired) electrons. The summed E-state index contributed by atoms with van der Waals surface area (Å²) in [7, 11) is -3.54. The van der Waals surface area contributed by atoms with Crippen LogP contribution in [-0.4, -0.2) is 44.0 Å². The predicted octanol–water partition coefficient (Wildman–Crippen LogP) is 3.30. The van der Waals surface area contributed by atoms with E-state index in [4.69, 9.17) is 0 Å². The maximum atomic E-state index is 12.8. The van der Waals surface area contributed by atoms with Gasteiger partial charge in [-0.15, -0.1) is 11.8 Å². The molecule has 3 rings (SSSR count). The lowest BCUT2D eigenvalue weighted by atomic mass is 10.1. The average Bonchev–Trinajstić information content (AvgIpc) is 3.22. The lowest BCUT2D eigenvalue weighted by Gasteiger charge is -2.17. The summed E-state index contributed by atoms with van der Waals surface area (Å²) in [6.45, 7) is 3.38. The van der Waals surface area contributed by atoms with Crippen molar-refractivity contribution in [2.75, 3.05) is 25.4 Å². The molecule has 1 amide bonds. The molecule has 0 spiro atoms. The van der Waals surface area contributed by atoms with Crippen molar-refractivity contribution in [1.29, 1.82) is 0 Å². The van der Waals surface area contributed by atoms with Gasteiger partial charge in [-0.2, -0.15) is 4.31 Å². The summed E-state index contributed by atoms with van der Waals surface area (Å²) in [5.74, 6) is 0.502. The molecule has 27 heavy (non-hydrogen) atoms. The quantitative estimate of drug-likeness (QED) is 0.568. The first-order valence-corrected chi connectivity index (χ1v) is 11.5. The topological polar surface area (TPSA) is 66.5 Å². The molecule has 0 aliphatic carbocycles. The van der Waals surface area contributed by atoms with Gasteiger partial charge in [-0.1, -0.05) is 24.3 Å². The number of hydrogen-bond acceptors (Lipinski definition) is 4. The third-order valence-corrected chi connectivity index (χ3v) is 7.59. The predicted molar refractivity (Wildman–Crippen MR) is 109 cm³/mol. The Morgan fingerprint density at radius 3 is 2.52 bits per heavy atom. The summed E-state index contributed by atoms with van der Waals surface area (Å²) in [5, 5.41) is 2.87. The maximum Gasteiger partial charge on any atom is 0.251 e. The molecule has 1 aliphatic rings. The van der Waals surface area contributed by atoms with Crippen molar-refractivity contribution in [3.8, 4) is 0 Å². The Balaban J connectivity index is 1.63. The Kier molecular flexibility index (Phi) is 6.57. The first kappa shape index (κ1) is 19.9. The van der Waals surface area contributed by atoms with Gasteiger partial charge in [-0.05, 0) is 49.6 Å². The Bertz CT molecular complexity index is 893. The maximum absolute atomic E-state index is 12.8. The molecule has 0 unspecified atom stereocenters. The molecule has 0 bridgehead atoms. The van der Waals surface area contributed by atoms with Crippen LogP contribution < -0.4 is 5.32 Å². The van der Waals surface area contributed by atoms with Gasteiger partial charge in [0.25, 0.3) is 5.91 Å². The third-order valence-electron chi connectivity index (χ3n) is 4.53. The van der Waals surface area contributed by atoms with E-state index in [1.807, 2.05) is 30.3 Å². The lowest BCUT2D eigenvalue weighted by Crippen LogP contribution is -2.29. The van der Waals surface area contributed by atoms with Gasteiger partial charge >= 0.3 is 0 Å². The summed E-state index contributed by atoms with van der Waals surface area (Å²) in [6.07, 6.45) is 1.77. The van der Waals surface area contributed by atoms with Crippen LogP contribution in [-0.2, 0) is 10.0 Å². The highest BCUT2D eigenvalue weighted by molar-refractivity contribution is 7.99. The van der Waals surface area contributed by atoms with Gasteiger partial charge in [-0.3, -0.25) is 4.79 Å². The molecule has 1 fully saturated rings. The minimum absolute atomic E-state index is 0.232. The van der Waals surface area contributed by atoms with Crippen LogP contribution in [0.1, 0.15) is 28.8 Å². The standard InChI is InChI=1S/C20H24N2O3S2/c1-16-9-10-17(15-19(16)27(24,25)22-12-5-6-13-22)20(23)21-11-14-26-18-7-3-2-4-8-18/h2-4,7-10,15H,5-6,11-14H2,1H3,(H,21,23). The fourth-order valence-corrected chi connectivity index (χ4v) is 5.60. The number of thioether (sulfide) groups is 1. The molecular weight excluding hydrogens is 380 g/mol. The summed E-state index contributed by atoms with van der Waals surface area (Å²) in [6, 6.07) is 14.9. The van der Waals surface area contributed by atoms with Crippen LogP contribution in [0.25, 0.3) is 0 Å². The zero-order chi connectivity index (χ0) is 19.3. The first-order valence-electron chi connectivity index (χ1n) is 9.05. The highest BCUT2D eigenvalue weighted by Crippen LogP contribution is 2.24. The van der Waals surface area contributed by atoms with E-state index < -0.39 is 10.0 Å². The second-order valence-electron chi connectivity index (χ2n) is 6.51. The summed E-state index contributed by atoms with van der Waals surface area (Å²) in [4.78, 5) is 13.8. The smallest absolute Gasteiger partial charge is 0.251 e. The first-order chi connectivity index (χ1) is 13.0. The Labute approximate surface area is 165 Å². The van der Waals surface area contributed by atoms with E-state index in [0.29, 0.717) is 30.8 Å². The van der Waals surface area contributed by atoms with Crippen molar-refractivity contribution >= 4 is 27.7 Å². The van der Waals surface area contributed by atoms with Crippen molar-refractivity contribution in [2.24, 2.45) is 0 Å². The highest BCUT2D eigenvalue weighted by Gasteiger charge is 2.29. The summed E-state index contributed by atoms with van der Waals surface area (Å²) >= 11 is 1.67. The molecule has 0 aromatic heterocycles. The molecular formula is C20H24N2O3S2. The van der Waals surface area contributed by atoms with Gasteiger partial charge in [0.2, 0.25) is 10.0 Å². The number of nitrogens with one attached hydrogen (secondary N) is 1. The van der Waals surface area contributed by atoms with E-state index in [-0.39, 0.29) is 10.8 Å². The molecule has 1 aliphatic heterocycles. The number of nitrogens with zero attached hydrogens (tertiary/aromatic N) is 1. The van der Waals surface area contributed by atoms with Gasteiger partial charge in [-0.25, -0.2) is 8.42 Å². The van der Waals surface area contributed by atoms with Crippen molar-refractivity contribution in [3.05, 3.63) is 59.7 Å². The summed E-state index contributed by atoms with van der Waals surface area (Å²) < 4.78 is 27.2. The van der Waals surface area contributed by atoms with E-state index in [1.54, 1.807) is 30.8 Å². The van der Waals surface area contributed by atoms with Crippen LogP contribution in [0, 0.1) is 6.92 Å². The lowest BCUT2D eigenvalue weighted by molar-refractivity contribution is 0.0956. The normalized spacial score (nSPS) is 15.0. The van der Waals surface area contributed by atoms with Crippen LogP contribution in [0.4, 0.5) is 0 Å². The van der Waals surface area contributed by atoms with E-state index >= 15 is 0 Å². The number of hydrogen-bond donors (Lipinski definition) is 1. The zero-order valence-corrected chi connectivity index (χ0v) is 17.0. The molecule has 1 N–H and O–H groups in total. The summed E-state index contributed by atoms with van der Waals surface area (Å²) in [5.41, 5.74) is 1.04. The fraction of sp³-hybridized carbons (Fsp3) is 0.350. The van der Waals surface area contributed by atoms with Crippen LogP contribution >= 0.6 is 11.8 Å². The molecule has 1 heterocycles. The van der Waals surface area contributed by atoms with Gasteiger partial charge < -0.3 is 5.32 Å². The number of carbonyl (C=O) groups is 1.